The van der Waals surface area contributed by atoms with Crippen molar-refractivity contribution >= 4 is 22.1 Å². The molecular weight excluding hydrogens is 443 g/mol. The maximum atomic E-state index is 12.4. The summed E-state index contributed by atoms with van der Waals surface area (Å²) in [5, 5.41) is -1.16. The predicted octanol–water partition coefficient (Wildman–Crippen LogP) is 1.86. The van der Waals surface area contributed by atoms with E-state index >= 15 is 0 Å². The van der Waals surface area contributed by atoms with Gasteiger partial charge in [-0.25, -0.2) is 18.0 Å². The van der Waals surface area contributed by atoms with Crippen molar-refractivity contribution in [3.63, 3.8) is 0 Å². The molecule has 9 heteroatoms. The molecule has 1 aromatic carbocycles. The van der Waals surface area contributed by atoms with Gasteiger partial charge < -0.3 is 14.0 Å². The topological polar surface area (TPSA) is 110 Å². The summed E-state index contributed by atoms with van der Waals surface area (Å²) in [7, 11) is -4.43. The van der Waals surface area contributed by atoms with Gasteiger partial charge in [0, 0.05) is 5.25 Å². The monoisotopic (exact) mass is 478 g/mol. The number of hydrogen-bond donors (Lipinski definition) is 0. The number of hydrogen-bond acceptors (Lipinski definition) is 7. The smallest absolute Gasteiger partial charge is 0.748 e. The molecule has 1 rings (SSSR count). The van der Waals surface area contributed by atoms with Crippen molar-refractivity contribution in [2.24, 2.45) is 0 Å². The Kier molecular flexibility index (Phi) is 17.0. The Labute approximate surface area is 214 Å². The molecule has 0 radical (unpaired) electrons. The van der Waals surface area contributed by atoms with E-state index in [0.29, 0.717) is 0 Å². The van der Waals surface area contributed by atoms with Crippen LogP contribution in [-0.2, 0) is 19.6 Å². The summed E-state index contributed by atoms with van der Waals surface area (Å²) in [6.45, 7) is 3.52. The molecule has 0 fully saturated rings. The Morgan fingerprint density at radius 3 is 1.75 bits per heavy atom. The van der Waals surface area contributed by atoms with Gasteiger partial charge in [0.15, 0.2) is 0 Å². The average molecular weight is 479 g/mol. The minimum atomic E-state index is -4.43. The van der Waals surface area contributed by atoms with Gasteiger partial charge in [-0.1, -0.05) is 70.4 Å². The van der Waals surface area contributed by atoms with Crippen molar-refractivity contribution in [3.8, 4) is 0 Å². The van der Waals surface area contributed by atoms with Crippen LogP contribution in [0.2, 0.25) is 0 Å². The Bertz CT molecular complexity index is 780. The van der Waals surface area contributed by atoms with Gasteiger partial charge in [-0.15, -0.1) is 0 Å². The van der Waals surface area contributed by atoms with Crippen LogP contribution in [0.25, 0.3) is 0 Å². The molecule has 0 saturated carbocycles. The van der Waals surface area contributed by atoms with Crippen molar-refractivity contribution in [1.82, 2.24) is 0 Å². The summed E-state index contributed by atoms with van der Waals surface area (Å²) >= 11 is 0. The normalized spacial score (nSPS) is 12.0. The molecule has 0 saturated heterocycles. The van der Waals surface area contributed by atoms with E-state index in [9.17, 15) is 22.6 Å². The molecule has 176 valence electrons. The van der Waals surface area contributed by atoms with Crippen molar-refractivity contribution in [3.05, 3.63) is 35.4 Å². The molecular formula is C23H35NaO7S. The van der Waals surface area contributed by atoms with E-state index in [1.165, 1.54) is 57.6 Å². The van der Waals surface area contributed by atoms with E-state index in [0.717, 1.165) is 19.3 Å². The zero-order valence-corrected chi connectivity index (χ0v) is 22.5. The van der Waals surface area contributed by atoms with Gasteiger partial charge in [0.1, 0.15) is 0 Å². The Morgan fingerprint density at radius 1 is 0.844 bits per heavy atom. The number of carbonyl (C=O) groups excluding carboxylic acids is 2. The largest absolute Gasteiger partial charge is 1.00 e. The molecule has 0 amide bonds. The summed E-state index contributed by atoms with van der Waals surface area (Å²) in [5.74, 6) is -1.35. The van der Waals surface area contributed by atoms with E-state index in [1.807, 2.05) is 0 Å². The first-order chi connectivity index (χ1) is 14.8. The van der Waals surface area contributed by atoms with Crippen LogP contribution in [0.3, 0.4) is 0 Å². The minimum absolute atomic E-state index is 0. The van der Waals surface area contributed by atoms with Crippen LogP contribution in [0, 0.1) is 0 Å². The standard InChI is InChI=1S/C23H36O7S.Na/c1-3-4-5-6-7-8-9-10-13-17-29-22(24)20-14-11-12-15-21(20)23(25)30-18-16-19(2)31(26,27)28;/h11-12,14-15,19H,3-10,13,16-18H2,1-2H3,(H,26,27,28);/q;+1/p-1. The van der Waals surface area contributed by atoms with Crippen LogP contribution in [0.1, 0.15) is 98.8 Å². The van der Waals surface area contributed by atoms with Gasteiger partial charge >= 0.3 is 41.5 Å². The molecule has 7 nitrogen and oxygen atoms in total. The Morgan fingerprint density at radius 2 is 1.28 bits per heavy atom. The quantitative estimate of drug-likeness (QED) is 0.154. The Balaban J connectivity index is 0.00000961. The van der Waals surface area contributed by atoms with Crippen molar-refractivity contribution < 1.29 is 61.6 Å². The molecule has 32 heavy (non-hydrogen) atoms. The van der Waals surface area contributed by atoms with Crippen LogP contribution in [0.4, 0.5) is 0 Å². The Hall–Kier alpha value is -0.930. The molecule has 0 bridgehead atoms. The fourth-order valence-electron chi connectivity index (χ4n) is 3.03. The van der Waals surface area contributed by atoms with Crippen LogP contribution in [-0.4, -0.2) is 43.4 Å². The predicted molar refractivity (Wildman–Crippen MR) is 118 cm³/mol. The molecule has 0 heterocycles. The first kappa shape index (κ1) is 31.1. The fraction of sp³-hybridized carbons (Fsp3) is 0.652. The van der Waals surface area contributed by atoms with Crippen LogP contribution in [0.5, 0.6) is 0 Å². The van der Waals surface area contributed by atoms with Crippen molar-refractivity contribution in [2.45, 2.75) is 83.3 Å². The van der Waals surface area contributed by atoms with E-state index in [4.69, 9.17) is 9.47 Å². The SMILES string of the molecule is CCCCCCCCCCCOC(=O)c1ccccc1C(=O)OCCC(C)S(=O)(=O)[O-].[Na+]. The summed E-state index contributed by atoms with van der Waals surface area (Å²) in [4.78, 5) is 24.7. The van der Waals surface area contributed by atoms with Gasteiger partial charge in [-0.05, 0) is 31.9 Å². The van der Waals surface area contributed by atoms with E-state index in [1.54, 1.807) is 12.1 Å². The zero-order valence-electron chi connectivity index (χ0n) is 19.6. The number of rotatable bonds is 16. The van der Waals surface area contributed by atoms with Crippen LogP contribution in [0.15, 0.2) is 24.3 Å². The van der Waals surface area contributed by atoms with Gasteiger partial charge in [-0.2, -0.15) is 0 Å². The van der Waals surface area contributed by atoms with Crippen LogP contribution < -0.4 is 29.6 Å². The van der Waals surface area contributed by atoms with E-state index in [2.05, 4.69) is 6.92 Å². The van der Waals surface area contributed by atoms with Gasteiger partial charge in [0.25, 0.3) is 0 Å². The minimum Gasteiger partial charge on any atom is -0.748 e. The van der Waals surface area contributed by atoms with Crippen molar-refractivity contribution in [2.75, 3.05) is 13.2 Å². The first-order valence-electron chi connectivity index (χ1n) is 11.1. The second kappa shape index (κ2) is 17.5. The molecule has 1 aromatic rings. The number of esters is 2. The van der Waals surface area contributed by atoms with Gasteiger partial charge in [0.05, 0.1) is 34.5 Å². The zero-order chi connectivity index (χ0) is 23.1. The first-order valence-corrected chi connectivity index (χ1v) is 12.6. The molecule has 1 atom stereocenters. The third kappa shape index (κ3) is 12.9. The molecule has 1 unspecified atom stereocenters. The number of carbonyl (C=O) groups is 2. The molecule has 0 aliphatic heterocycles. The molecule has 0 N–H and O–H groups in total. The van der Waals surface area contributed by atoms with E-state index in [-0.39, 0.29) is 60.3 Å². The van der Waals surface area contributed by atoms with E-state index < -0.39 is 27.3 Å². The summed E-state index contributed by atoms with van der Waals surface area (Å²) in [6.07, 6.45) is 10.3. The fourth-order valence-corrected chi connectivity index (χ4v) is 3.42. The maximum absolute atomic E-state index is 12.4. The second-order valence-electron chi connectivity index (χ2n) is 7.74. The number of ether oxygens (including phenoxy) is 2. The third-order valence-corrected chi connectivity index (χ3v) is 6.32. The van der Waals surface area contributed by atoms with Gasteiger partial charge in [0.2, 0.25) is 0 Å². The second-order valence-corrected chi connectivity index (χ2v) is 9.53. The maximum Gasteiger partial charge on any atom is 1.00 e. The number of benzene rings is 1. The van der Waals surface area contributed by atoms with Gasteiger partial charge in [-0.3, -0.25) is 0 Å². The summed E-state index contributed by atoms with van der Waals surface area (Å²) < 4.78 is 43.0. The van der Waals surface area contributed by atoms with Crippen molar-refractivity contribution in [1.29, 1.82) is 0 Å². The average Bonchev–Trinajstić information content (AvgIpc) is 2.74. The molecule has 0 aromatic heterocycles. The van der Waals surface area contributed by atoms with Crippen LogP contribution >= 0.6 is 0 Å². The molecule has 0 aliphatic carbocycles. The summed E-state index contributed by atoms with van der Waals surface area (Å²) in [5.41, 5.74) is 0.158. The number of unbranched alkanes of at least 4 members (excludes halogenated alkanes) is 8. The molecule has 0 aliphatic rings. The third-order valence-electron chi connectivity index (χ3n) is 5.10. The summed E-state index contributed by atoms with van der Waals surface area (Å²) in [6, 6.07) is 6.15. The molecule has 0 spiro atoms.